The predicted molar refractivity (Wildman–Crippen MR) is 64.5 cm³/mol. The van der Waals surface area contributed by atoms with Crippen LogP contribution in [0.15, 0.2) is 18.2 Å². The maximum atomic E-state index is 11.5. The minimum Gasteiger partial charge on any atom is -0.324 e. The molecule has 2 rings (SSSR count). The standard InChI is InChI=1S/C13H18N2O/c1-2-15-6-5-10-7-11(13(16)8-14)3-4-12(10)9-15/h3-4,7H,2,5-6,8-9,14H2,1H3. The van der Waals surface area contributed by atoms with E-state index in [0.29, 0.717) is 0 Å². The molecule has 86 valence electrons. The monoisotopic (exact) mass is 218 g/mol. The number of ketones is 1. The quantitative estimate of drug-likeness (QED) is 0.776. The van der Waals surface area contributed by atoms with E-state index >= 15 is 0 Å². The van der Waals surface area contributed by atoms with Gasteiger partial charge in [-0.1, -0.05) is 19.1 Å². The first-order chi connectivity index (χ1) is 7.74. The van der Waals surface area contributed by atoms with E-state index in [1.165, 1.54) is 11.1 Å². The van der Waals surface area contributed by atoms with Gasteiger partial charge >= 0.3 is 0 Å². The summed E-state index contributed by atoms with van der Waals surface area (Å²) in [6.45, 7) is 5.45. The van der Waals surface area contributed by atoms with Gasteiger partial charge in [-0.3, -0.25) is 9.69 Å². The number of nitrogens with two attached hydrogens (primary N) is 1. The highest BCUT2D eigenvalue weighted by molar-refractivity contribution is 5.97. The van der Waals surface area contributed by atoms with Gasteiger partial charge in [-0.2, -0.15) is 0 Å². The van der Waals surface area contributed by atoms with E-state index in [1.807, 2.05) is 12.1 Å². The van der Waals surface area contributed by atoms with Gasteiger partial charge in [-0.15, -0.1) is 0 Å². The van der Waals surface area contributed by atoms with Crippen LogP contribution >= 0.6 is 0 Å². The summed E-state index contributed by atoms with van der Waals surface area (Å²) in [5, 5.41) is 0. The Balaban J connectivity index is 2.24. The molecule has 1 aliphatic heterocycles. The van der Waals surface area contributed by atoms with Gasteiger partial charge in [0, 0.05) is 18.7 Å². The number of carbonyl (C=O) groups excluding carboxylic acids is 1. The fourth-order valence-corrected chi connectivity index (χ4v) is 2.17. The minimum absolute atomic E-state index is 0.0284. The zero-order valence-electron chi connectivity index (χ0n) is 9.70. The Morgan fingerprint density at radius 2 is 2.25 bits per heavy atom. The van der Waals surface area contributed by atoms with Crippen LogP contribution in [0.1, 0.15) is 28.4 Å². The zero-order valence-corrected chi connectivity index (χ0v) is 9.70. The van der Waals surface area contributed by atoms with Crippen LogP contribution in [0.4, 0.5) is 0 Å². The van der Waals surface area contributed by atoms with Crippen LogP contribution in [0.3, 0.4) is 0 Å². The van der Waals surface area contributed by atoms with Crippen molar-refractivity contribution in [2.45, 2.75) is 19.9 Å². The number of hydrogen-bond donors (Lipinski definition) is 1. The first-order valence-corrected chi connectivity index (χ1v) is 5.82. The molecule has 0 fully saturated rings. The molecular weight excluding hydrogens is 200 g/mol. The molecule has 3 heteroatoms. The van der Waals surface area contributed by atoms with Gasteiger partial charge in [0.1, 0.15) is 0 Å². The molecule has 1 aliphatic rings. The molecule has 1 aromatic carbocycles. The zero-order chi connectivity index (χ0) is 11.5. The van der Waals surface area contributed by atoms with E-state index in [2.05, 4.69) is 17.9 Å². The van der Waals surface area contributed by atoms with Crippen LogP contribution in [0.25, 0.3) is 0 Å². The van der Waals surface area contributed by atoms with Crippen molar-refractivity contribution in [3.63, 3.8) is 0 Å². The van der Waals surface area contributed by atoms with Gasteiger partial charge in [0.25, 0.3) is 0 Å². The van der Waals surface area contributed by atoms with Crippen molar-refractivity contribution in [3.05, 3.63) is 34.9 Å². The maximum absolute atomic E-state index is 11.5. The van der Waals surface area contributed by atoms with E-state index in [4.69, 9.17) is 5.73 Å². The lowest BCUT2D eigenvalue weighted by Crippen LogP contribution is -2.30. The van der Waals surface area contributed by atoms with Crippen LogP contribution in [0, 0.1) is 0 Å². The highest BCUT2D eigenvalue weighted by Gasteiger charge is 2.16. The fraction of sp³-hybridized carbons (Fsp3) is 0.462. The average molecular weight is 218 g/mol. The summed E-state index contributed by atoms with van der Waals surface area (Å²) < 4.78 is 0. The molecule has 0 atom stereocenters. The van der Waals surface area contributed by atoms with Crippen molar-refractivity contribution in [3.8, 4) is 0 Å². The fourth-order valence-electron chi connectivity index (χ4n) is 2.17. The first-order valence-electron chi connectivity index (χ1n) is 5.82. The highest BCUT2D eigenvalue weighted by atomic mass is 16.1. The number of Topliss-reactive ketones (excluding diaryl/α,β-unsaturated/α-hetero) is 1. The lowest BCUT2D eigenvalue weighted by Gasteiger charge is -2.27. The Morgan fingerprint density at radius 1 is 1.44 bits per heavy atom. The highest BCUT2D eigenvalue weighted by Crippen LogP contribution is 2.20. The maximum Gasteiger partial charge on any atom is 0.176 e. The number of nitrogens with zero attached hydrogens (tertiary/aromatic N) is 1. The van der Waals surface area contributed by atoms with Crippen molar-refractivity contribution in [1.82, 2.24) is 4.90 Å². The van der Waals surface area contributed by atoms with Gasteiger partial charge < -0.3 is 5.73 Å². The summed E-state index contributed by atoms with van der Waals surface area (Å²) in [4.78, 5) is 13.9. The smallest absolute Gasteiger partial charge is 0.176 e. The van der Waals surface area contributed by atoms with E-state index < -0.39 is 0 Å². The predicted octanol–water partition coefficient (Wildman–Crippen LogP) is 1.21. The van der Waals surface area contributed by atoms with E-state index in [-0.39, 0.29) is 12.3 Å². The number of fused-ring (bicyclic) bond motifs is 1. The van der Waals surface area contributed by atoms with Crippen molar-refractivity contribution in [2.75, 3.05) is 19.6 Å². The van der Waals surface area contributed by atoms with Crippen molar-refractivity contribution in [1.29, 1.82) is 0 Å². The molecule has 3 nitrogen and oxygen atoms in total. The molecule has 0 bridgehead atoms. The summed E-state index contributed by atoms with van der Waals surface area (Å²) in [6, 6.07) is 5.98. The van der Waals surface area contributed by atoms with Crippen LogP contribution in [0.2, 0.25) is 0 Å². The lowest BCUT2D eigenvalue weighted by molar-refractivity contribution is 0.100. The molecule has 0 aliphatic carbocycles. The number of rotatable bonds is 3. The Morgan fingerprint density at radius 3 is 2.94 bits per heavy atom. The molecule has 1 heterocycles. The molecule has 0 unspecified atom stereocenters. The third kappa shape index (κ3) is 2.15. The Kier molecular flexibility index (Phi) is 3.36. The SMILES string of the molecule is CCN1CCc2cc(C(=O)CN)ccc2C1. The van der Waals surface area contributed by atoms with Gasteiger partial charge in [-0.25, -0.2) is 0 Å². The van der Waals surface area contributed by atoms with Crippen molar-refractivity contribution < 1.29 is 4.79 Å². The first kappa shape index (κ1) is 11.3. The minimum atomic E-state index is 0.0284. The van der Waals surface area contributed by atoms with Crippen LogP contribution < -0.4 is 5.73 Å². The summed E-state index contributed by atoms with van der Waals surface area (Å²) in [7, 11) is 0. The van der Waals surface area contributed by atoms with Crippen LogP contribution in [-0.4, -0.2) is 30.3 Å². The molecule has 16 heavy (non-hydrogen) atoms. The summed E-state index contributed by atoms with van der Waals surface area (Å²) in [6.07, 6.45) is 1.04. The largest absolute Gasteiger partial charge is 0.324 e. The second-order valence-corrected chi connectivity index (χ2v) is 4.23. The number of hydrogen-bond acceptors (Lipinski definition) is 3. The van der Waals surface area contributed by atoms with Crippen molar-refractivity contribution >= 4 is 5.78 Å². The van der Waals surface area contributed by atoms with Gasteiger partial charge in [0.2, 0.25) is 0 Å². The van der Waals surface area contributed by atoms with Gasteiger partial charge in [0.05, 0.1) is 6.54 Å². The molecule has 0 aromatic heterocycles. The Bertz CT molecular complexity index is 401. The summed E-state index contributed by atoms with van der Waals surface area (Å²) in [5.74, 6) is 0.0284. The topological polar surface area (TPSA) is 46.3 Å². The van der Waals surface area contributed by atoms with E-state index in [0.717, 1.165) is 31.6 Å². The average Bonchev–Trinajstić information content (AvgIpc) is 2.36. The molecule has 0 amide bonds. The third-order valence-corrected chi connectivity index (χ3v) is 3.25. The molecule has 0 spiro atoms. The Labute approximate surface area is 96.2 Å². The second-order valence-electron chi connectivity index (χ2n) is 4.23. The number of benzene rings is 1. The number of carbonyl (C=O) groups is 1. The van der Waals surface area contributed by atoms with Crippen LogP contribution in [0.5, 0.6) is 0 Å². The molecule has 0 radical (unpaired) electrons. The third-order valence-electron chi connectivity index (χ3n) is 3.25. The molecular formula is C13H18N2O. The van der Waals surface area contributed by atoms with E-state index in [1.54, 1.807) is 0 Å². The molecule has 0 saturated heterocycles. The van der Waals surface area contributed by atoms with E-state index in [9.17, 15) is 4.79 Å². The van der Waals surface area contributed by atoms with Crippen molar-refractivity contribution in [2.24, 2.45) is 5.73 Å². The Hall–Kier alpha value is -1.19. The normalized spacial score (nSPS) is 15.9. The molecule has 2 N–H and O–H groups in total. The summed E-state index contributed by atoms with van der Waals surface area (Å²) >= 11 is 0. The molecule has 1 aromatic rings. The lowest BCUT2D eigenvalue weighted by atomic mass is 9.96. The van der Waals surface area contributed by atoms with Gasteiger partial charge in [-0.05, 0) is 30.2 Å². The van der Waals surface area contributed by atoms with Gasteiger partial charge in [0.15, 0.2) is 5.78 Å². The number of likely N-dealkylation sites (N-methyl/N-ethyl adjacent to an activating group) is 1. The van der Waals surface area contributed by atoms with Crippen LogP contribution in [-0.2, 0) is 13.0 Å². The summed E-state index contributed by atoms with van der Waals surface area (Å²) in [5.41, 5.74) is 8.78. The molecule has 0 saturated carbocycles. The second kappa shape index (κ2) is 4.76.